The van der Waals surface area contributed by atoms with E-state index in [2.05, 4.69) is 0 Å². The monoisotopic (exact) mass is 1000 g/mol. The van der Waals surface area contributed by atoms with Gasteiger partial charge in [0, 0.05) is 5.56 Å². The summed E-state index contributed by atoms with van der Waals surface area (Å²) < 4.78 is 80.7. The predicted octanol–water partition coefficient (Wildman–Crippen LogP) is 10.1. The van der Waals surface area contributed by atoms with E-state index in [0.717, 1.165) is 33.4 Å². The first-order valence-electron chi connectivity index (χ1n) is 25.0. The maximum atomic E-state index is 14.9. The molecular formula is C61H60O13. The molecule has 0 radical (unpaired) electrons. The minimum atomic E-state index is -1.39. The smallest absolute Gasteiger partial charge is 0.338 e. The van der Waals surface area contributed by atoms with Crippen molar-refractivity contribution in [3.63, 3.8) is 0 Å². The van der Waals surface area contributed by atoms with Crippen molar-refractivity contribution < 1.29 is 61.6 Å². The van der Waals surface area contributed by atoms with Crippen LogP contribution in [0, 0.1) is 0 Å². The molecular weight excluding hydrogens is 941 g/mol. The van der Waals surface area contributed by atoms with Crippen LogP contribution >= 0.6 is 0 Å². The zero-order chi connectivity index (χ0) is 50.3. The van der Waals surface area contributed by atoms with Crippen molar-refractivity contribution in [2.75, 3.05) is 13.7 Å². The van der Waals surface area contributed by atoms with E-state index in [1.807, 2.05) is 182 Å². The lowest BCUT2D eigenvalue weighted by molar-refractivity contribution is -0.392. The van der Waals surface area contributed by atoms with Gasteiger partial charge in [-0.3, -0.25) is 0 Å². The molecule has 13 heteroatoms. The molecule has 0 bridgehead atoms. The summed E-state index contributed by atoms with van der Waals surface area (Å²) in [6.07, 6.45) is -11.3. The fourth-order valence-electron chi connectivity index (χ4n) is 9.23. The van der Waals surface area contributed by atoms with Gasteiger partial charge in [-0.25, -0.2) is 4.79 Å². The van der Waals surface area contributed by atoms with Crippen molar-refractivity contribution in [3.05, 3.63) is 240 Å². The molecule has 0 N–H and O–H groups in total. The second-order valence-electron chi connectivity index (χ2n) is 18.2. The zero-order valence-corrected chi connectivity index (χ0v) is 41.0. The van der Waals surface area contributed by atoms with Crippen LogP contribution in [0.5, 0.6) is 11.5 Å². The van der Waals surface area contributed by atoms with Crippen molar-refractivity contribution in [2.24, 2.45) is 0 Å². The van der Waals surface area contributed by atoms with Gasteiger partial charge in [-0.1, -0.05) is 182 Å². The molecule has 1 unspecified atom stereocenters. The number of esters is 1. The molecule has 10 rings (SSSR count). The van der Waals surface area contributed by atoms with Crippen LogP contribution in [0.1, 0.15) is 39.7 Å². The molecule has 0 amide bonds. The number of ether oxygens (including phenoxy) is 12. The van der Waals surface area contributed by atoms with Crippen molar-refractivity contribution in [3.8, 4) is 11.5 Å². The summed E-state index contributed by atoms with van der Waals surface area (Å²) in [5.41, 5.74) is 5.16. The van der Waals surface area contributed by atoms with E-state index in [1.54, 1.807) is 31.4 Å². The van der Waals surface area contributed by atoms with Crippen LogP contribution in [0.4, 0.5) is 0 Å². The number of fused-ring (bicyclic) bond motifs is 1. The second-order valence-corrected chi connectivity index (χ2v) is 18.2. The van der Waals surface area contributed by atoms with E-state index >= 15 is 0 Å². The molecule has 3 saturated heterocycles. The van der Waals surface area contributed by atoms with E-state index < -0.39 is 73.7 Å². The number of hydrogen-bond acceptors (Lipinski definition) is 13. The van der Waals surface area contributed by atoms with Gasteiger partial charge in [0.05, 0.1) is 40.1 Å². The van der Waals surface area contributed by atoms with Gasteiger partial charge in [-0.05, 0) is 52.1 Å². The van der Waals surface area contributed by atoms with Gasteiger partial charge in [0.2, 0.25) is 6.29 Å². The van der Waals surface area contributed by atoms with Crippen molar-refractivity contribution in [1.82, 2.24) is 0 Å². The van der Waals surface area contributed by atoms with Crippen LogP contribution in [-0.2, 0) is 85.2 Å². The highest BCUT2D eigenvalue weighted by Gasteiger charge is 2.58. The van der Waals surface area contributed by atoms with E-state index in [-0.39, 0.29) is 39.6 Å². The molecule has 382 valence electrons. The van der Waals surface area contributed by atoms with E-state index in [9.17, 15) is 4.79 Å². The molecule has 0 saturated carbocycles. The SMILES string of the molecule is COc1ccc(O[C@@H]2O[C@@H]3COC(c4ccccc4)O[C@@H]3[C@H](O[C@@H]3O[C@H](C(=O)OCc4ccccc4)[C@@H](OCc4ccccc4)[C@@H](OCc4ccccc4)[C@H]3OCc3ccccc3)[C@H]2OCc2ccccc2)cc1. The highest BCUT2D eigenvalue weighted by molar-refractivity contribution is 5.76. The Hall–Kier alpha value is -6.75. The first-order valence-corrected chi connectivity index (χ1v) is 25.0. The van der Waals surface area contributed by atoms with Crippen LogP contribution < -0.4 is 9.47 Å². The van der Waals surface area contributed by atoms with Gasteiger partial charge in [0.25, 0.3) is 0 Å². The molecule has 13 nitrogen and oxygen atoms in total. The maximum Gasteiger partial charge on any atom is 0.338 e. The normalized spacial score (nSPS) is 25.6. The van der Waals surface area contributed by atoms with Crippen LogP contribution in [0.2, 0.25) is 0 Å². The Morgan fingerprint density at radius 2 is 0.878 bits per heavy atom. The third kappa shape index (κ3) is 13.1. The molecule has 7 aromatic carbocycles. The van der Waals surface area contributed by atoms with Crippen molar-refractivity contribution in [2.45, 2.75) is 101 Å². The van der Waals surface area contributed by atoms with Crippen LogP contribution in [0.25, 0.3) is 0 Å². The Labute approximate surface area is 431 Å². The number of rotatable bonds is 21. The van der Waals surface area contributed by atoms with E-state index in [4.69, 9.17) is 56.8 Å². The molecule has 3 heterocycles. The Morgan fingerprint density at radius 1 is 0.446 bits per heavy atom. The van der Waals surface area contributed by atoms with E-state index in [1.165, 1.54) is 0 Å². The molecule has 0 aromatic heterocycles. The standard InChI is InChI=1S/C61H60O13/c1-63-48-32-34-49(35-33-48)70-60-57(67-39-45-26-14-5-15-27-45)54(51-50(71-60)41-69-59(72-51)47-30-18-7-19-31-47)73-61-56(66-38-44-24-12-4-13-25-44)53(65-37-43-22-10-3-11-23-43)52(64-36-42-20-8-2-9-21-42)55(74-61)58(62)68-40-46-28-16-6-17-29-46/h2-35,50-57,59-61H,36-41H2,1H3/t50-,51+,52+,53-,54+,55+,56-,57-,59?,60-,61-/m1/s1. The van der Waals surface area contributed by atoms with Gasteiger partial charge >= 0.3 is 5.97 Å². The fourth-order valence-corrected chi connectivity index (χ4v) is 9.23. The maximum absolute atomic E-state index is 14.9. The summed E-state index contributed by atoms with van der Waals surface area (Å²) >= 11 is 0. The third-order valence-electron chi connectivity index (χ3n) is 13.1. The minimum absolute atomic E-state index is 0.0157. The minimum Gasteiger partial charge on any atom is -0.497 e. The summed E-state index contributed by atoms with van der Waals surface area (Å²) in [5, 5.41) is 0. The number of carbonyl (C=O) groups excluding carboxylic acids is 1. The first-order chi connectivity index (χ1) is 36.5. The molecule has 7 aromatic rings. The van der Waals surface area contributed by atoms with Crippen molar-refractivity contribution >= 4 is 5.97 Å². The molecule has 0 spiro atoms. The van der Waals surface area contributed by atoms with E-state index in [0.29, 0.717) is 11.5 Å². The highest BCUT2D eigenvalue weighted by atomic mass is 16.8. The molecule has 0 aliphatic carbocycles. The van der Waals surface area contributed by atoms with Crippen LogP contribution in [-0.4, -0.2) is 81.1 Å². The largest absolute Gasteiger partial charge is 0.497 e. The molecule has 3 fully saturated rings. The molecule has 11 atom stereocenters. The Bertz CT molecular complexity index is 2740. The third-order valence-corrected chi connectivity index (χ3v) is 13.1. The van der Waals surface area contributed by atoms with Crippen LogP contribution in [0.15, 0.2) is 206 Å². The van der Waals surface area contributed by atoms with Gasteiger partial charge in [-0.2, -0.15) is 0 Å². The number of methoxy groups -OCH3 is 1. The van der Waals surface area contributed by atoms with Crippen LogP contribution in [0.3, 0.4) is 0 Å². The molecule has 3 aliphatic heterocycles. The topological polar surface area (TPSA) is 128 Å². The average Bonchev–Trinajstić information content (AvgIpc) is 3.46. The zero-order valence-electron chi connectivity index (χ0n) is 41.0. The highest BCUT2D eigenvalue weighted by Crippen LogP contribution is 2.41. The predicted molar refractivity (Wildman–Crippen MR) is 272 cm³/mol. The number of carbonyl (C=O) groups is 1. The second kappa shape index (κ2) is 25.5. The lowest BCUT2D eigenvalue weighted by Crippen LogP contribution is -2.68. The first kappa shape index (κ1) is 50.8. The number of benzene rings is 7. The number of hydrogen-bond donors (Lipinski definition) is 0. The Balaban J connectivity index is 1.07. The van der Waals surface area contributed by atoms with Gasteiger partial charge in [-0.15, -0.1) is 0 Å². The Morgan fingerprint density at radius 3 is 1.38 bits per heavy atom. The molecule has 74 heavy (non-hydrogen) atoms. The quantitative estimate of drug-likeness (QED) is 0.0635. The summed E-state index contributed by atoms with van der Waals surface area (Å²) in [6.45, 7) is 0.646. The van der Waals surface area contributed by atoms with Gasteiger partial charge in [0.15, 0.2) is 18.7 Å². The summed E-state index contributed by atoms with van der Waals surface area (Å²) in [5.74, 6) is 0.474. The fraction of sp³-hybridized carbons (Fsp3) is 0.295. The molecule has 3 aliphatic rings. The summed E-state index contributed by atoms with van der Waals surface area (Å²) in [4.78, 5) is 14.9. The lowest BCUT2D eigenvalue weighted by atomic mass is 9.95. The van der Waals surface area contributed by atoms with Gasteiger partial charge in [0.1, 0.15) is 60.8 Å². The van der Waals surface area contributed by atoms with Crippen molar-refractivity contribution in [1.29, 1.82) is 0 Å². The summed E-state index contributed by atoms with van der Waals surface area (Å²) in [6, 6.07) is 65.5. The summed E-state index contributed by atoms with van der Waals surface area (Å²) in [7, 11) is 1.61. The Kier molecular flexibility index (Phi) is 17.5. The van der Waals surface area contributed by atoms with Gasteiger partial charge < -0.3 is 56.8 Å². The average molecular weight is 1000 g/mol. The lowest BCUT2D eigenvalue weighted by Gasteiger charge is -2.51.